The van der Waals surface area contributed by atoms with Crippen LogP contribution in [0, 0.1) is 17.1 Å². The third-order valence-electron chi connectivity index (χ3n) is 9.76. The Labute approximate surface area is 296 Å². The smallest absolute Gasteiger partial charge is 0.270 e. The molecule has 4 unspecified atom stereocenters. The van der Waals surface area contributed by atoms with Crippen molar-refractivity contribution in [1.82, 2.24) is 25.3 Å². The fraction of sp³-hybridized carbons (Fsp3) is 0.632. The number of carbonyl (C=O) groups excluding carboxylic acids is 1. The predicted molar refractivity (Wildman–Crippen MR) is 199 cm³/mol. The molecule has 1 amide bonds. The Morgan fingerprint density at radius 1 is 1.12 bits per heavy atom. The number of fused-ring (bicyclic) bond motifs is 2. The molecule has 49 heavy (non-hydrogen) atoms. The van der Waals surface area contributed by atoms with Gasteiger partial charge in [-0.2, -0.15) is 0 Å². The summed E-state index contributed by atoms with van der Waals surface area (Å²) >= 11 is 0. The van der Waals surface area contributed by atoms with Gasteiger partial charge in [-0.25, -0.2) is 5.26 Å². The number of amides is 1. The maximum atomic E-state index is 14.5. The van der Waals surface area contributed by atoms with Crippen molar-refractivity contribution in [2.75, 3.05) is 66.7 Å². The Morgan fingerprint density at radius 2 is 1.84 bits per heavy atom. The average molecular weight is 677 g/mol. The molecule has 4 rings (SSSR count). The maximum absolute atomic E-state index is 14.5. The van der Waals surface area contributed by atoms with Gasteiger partial charge in [0.2, 0.25) is 5.91 Å². The fourth-order valence-corrected chi connectivity index (χ4v) is 7.33. The second-order valence-corrected chi connectivity index (χ2v) is 14.0. The Balaban J connectivity index is 1.68. The van der Waals surface area contributed by atoms with Crippen LogP contribution in [-0.2, 0) is 20.7 Å². The lowest BCUT2D eigenvalue weighted by atomic mass is 9.46. The van der Waals surface area contributed by atoms with E-state index < -0.39 is 0 Å². The molecule has 11 heteroatoms. The van der Waals surface area contributed by atoms with Crippen LogP contribution >= 0.6 is 0 Å². The first kappa shape index (κ1) is 40.1. The van der Waals surface area contributed by atoms with E-state index in [0.29, 0.717) is 45.7 Å². The van der Waals surface area contributed by atoms with E-state index in [1.807, 2.05) is 13.1 Å². The number of hydrogen-bond donors (Lipinski definition) is 3. The molecule has 3 aliphatic heterocycles. The average Bonchev–Trinajstić information content (AvgIpc) is 3.07. The number of nitrogens with one attached hydrogen (secondary N) is 2. The lowest BCUT2D eigenvalue weighted by Crippen LogP contribution is -2.72. The van der Waals surface area contributed by atoms with Crippen molar-refractivity contribution in [2.24, 2.45) is 5.92 Å². The number of nitrogens with zero attached hydrogens (tertiary/aromatic N) is 4. The summed E-state index contributed by atoms with van der Waals surface area (Å²) in [6.07, 6.45) is 5.70. The first-order valence-corrected chi connectivity index (χ1v) is 18.0. The second kappa shape index (κ2) is 21.0. The number of nitriles is 1. The quantitative estimate of drug-likeness (QED) is 0.0783. The van der Waals surface area contributed by atoms with Crippen LogP contribution in [0.5, 0.6) is 0 Å². The zero-order valence-electron chi connectivity index (χ0n) is 30.5. The van der Waals surface area contributed by atoms with Crippen LogP contribution in [0.4, 0.5) is 0 Å². The summed E-state index contributed by atoms with van der Waals surface area (Å²) in [5.41, 5.74) is 3.07. The molecule has 1 aromatic rings. The molecule has 3 heterocycles. The SMILES string of the molecule is C=C(O)CN1CC2CC(C1)N2C(=O)C(CCCCB(C#N)CCOCCOC)N(C(=C)CNC(=C)C(CNC)Cc1ccccc1)C(C)C. The number of carbonyl (C=O) groups is 1. The van der Waals surface area contributed by atoms with Gasteiger partial charge in [-0.15, -0.1) is 0 Å². The molecule has 0 spiro atoms. The minimum atomic E-state index is -0.359. The van der Waals surface area contributed by atoms with Crippen molar-refractivity contribution in [2.45, 2.75) is 82.8 Å². The summed E-state index contributed by atoms with van der Waals surface area (Å²) in [6.45, 7) is 21.6. The first-order chi connectivity index (χ1) is 23.6. The molecule has 0 aromatic heterocycles. The number of methoxy groups -OCH3 is 1. The zero-order chi connectivity index (χ0) is 35.8. The third kappa shape index (κ3) is 12.5. The van der Waals surface area contributed by atoms with E-state index in [9.17, 15) is 15.2 Å². The second-order valence-electron chi connectivity index (χ2n) is 14.0. The standard InChI is InChI=1S/C38H61BN6O4/c1-29(2)44(30(3)23-42-32(5)34(24-41-6)21-33-13-9-8-10-14-33)37(15-11-12-16-39(28-40)17-18-49-20-19-48-7)38(47)45-35-22-36(45)27-43(26-35)25-31(4)46/h8-10,13-14,29,34-37,41-42,46H,3-5,11-12,15-27H2,1-2,6-7H3. The van der Waals surface area contributed by atoms with E-state index in [4.69, 9.17) is 9.47 Å². The lowest BCUT2D eigenvalue weighted by Gasteiger charge is -2.57. The zero-order valence-corrected chi connectivity index (χ0v) is 30.5. The van der Waals surface area contributed by atoms with E-state index >= 15 is 0 Å². The number of aliphatic hydroxyl groups is 1. The molecule has 3 saturated heterocycles. The van der Waals surface area contributed by atoms with Gasteiger partial charge in [0.15, 0.2) is 0 Å². The van der Waals surface area contributed by atoms with Gasteiger partial charge >= 0.3 is 0 Å². The molecule has 10 nitrogen and oxygen atoms in total. The Bertz CT molecular complexity index is 1230. The van der Waals surface area contributed by atoms with E-state index in [1.54, 1.807) is 7.11 Å². The van der Waals surface area contributed by atoms with Gasteiger partial charge in [-0.1, -0.05) is 69.2 Å². The summed E-state index contributed by atoms with van der Waals surface area (Å²) in [5, 5.41) is 26.4. The van der Waals surface area contributed by atoms with Gasteiger partial charge < -0.3 is 35.0 Å². The number of piperidine rings is 1. The van der Waals surface area contributed by atoms with Gasteiger partial charge in [-0.3, -0.25) is 9.69 Å². The fourth-order valence-electron chi connectivity index (χ4n) is 7.33. The summed E-state index contributed by atoms with van der Waals surface area (Å²) in [7, 11) is 3.61. The monoisotopic (exact) mass is 676 g/mol. The Kier molecular flexibility index (Phi) is 17.2. The number of aliphatic hydroxyl groups excluding tert-OH is 1. The molecule has 1 aromatic carbocycles. The number of unbranched alkanes of at least 4 members (excludes halogenated alkanes) is 1. The number of piperazine rings is 1. The molecule has 3 fully saturated rings. The Morgan fingerprint density at radius 3 is 2.45 bits per heavy atom. The highest BCUT2D eigenvalue weighted by Gasteiger charge is 2.49. The van der Waals surface area contributed by atoms with Crippen LogP contribution in [0.15, 0.2) is 67.2 Å². The normalized spacial score (nSPS) is 18.2. The van der Waals surface area contributed by atoms with Crippen LogP contribution < -0.4 is 10.6 Å². The molecule has 3 aliphatic rings. The number of benzene rings is 1. The van der Waals surface area contributed by atoms with Crippen LogP contribution in [-0.4, -0.2) is 123 Å². The number of hydrogen-bond acceptors (Lipinski definition) is 9. The van der Waals surface area contributed by atoms with Gasteiger partial charge in [0.25, 0.3) is 6.71 Å². The van der Waals surface area contributed by atoms with Crippen LogP contribution in [0.1, 0.15) is 45.1 Å². The van der Waals surface area contributed by atoms with Crippen molar-refractivity contribution in [3.8, 4) is 5.97 Å². The van der Waals surface area contributed by atoms with Crippen molar-refractivity contribution in [3.63, 3.8) is 0 Å². The highest BCUT2D eigenvalue weighted by Crippen LogP contribution is 2.35. The summed E-state index contributed by atoms with van der Waals surface area (Å²) in [5.74, 6) is 2.95. The topological polar surface area (TPSA) is 113 Å². The summed E-state index contributed by atoms with van der Waals surface area (Å²) in [6, 6.07) is 10.4. The maximum Gasteiger partial charge on any atom is 0.270 e. The molecule has 0 aliphatic carbocycles. The van der Waals surface area contributed by atoms with E-state index in [2.05, 4.69) is 89.2 Å². The molecular weight excluding hydrogens is 615 g/mol. The molecule has 0 saturated carbocycles. The van der Waals surface area contributed by atoms with Crippen molar-refractivity contribution >= 4 is 12.6 Å². The van der Waals surface area contributed by atoms with Crippen molar-refractivity contribution in [1.29, 1.82) is 5.26 Å². The minimum Gasteiger partial charge on any atom is -0.512 e. The van der Waals surface area contributed by atoms with Crippen molar-refractivity contribution < 1.29 is 19.4 Å². The highest BCUT2D eigenvalue weighted by atomic mass is 16.5. The number of rotatable bonds is 25. The van der Waals surface area contributed by atoms with Gasteiger partial charge in [0.05, 0.1) is 32.1 Å². The van der Waals surface area contributed by atoms with E-state index in [-0.39, 0.29) is 48.5 Å². The van der Waals surface area contributed by atoms with E-state index in [1.165, 1.54) is 5.56 Å². The van der Waals surface area contributed by atoms with E-state index in [0.717, 1.165) is 63.0 Å². The van der Waals surface area contributed by atoms with Crippen LogP contribution in [0.2, 0.25) is 12.6 Å². The molecular formula is C38H61BN6O4. The molecule has 270 valence electrons. The lowest BCUT2D eigenvalue weighted by molar-refractivity contribution is -0.160. The highest BCUT2D eigenvalue weighted by molar-refractivity contribution is 6.66. The molecule has 2 bridgehead atoms. The molecule has 4 atom stereocenters. The van der Waals surface area contributed by atoms with Crippen LogP contribution in [0.25, 0.3) is 0 Å². The number of ether oxygens (including phenoxy) is 2. The Hall–Kier alpha value is -3.30. The summed E-state index contributed by atoms with van der Waals surface area (Å²) in [4.78, 5) is 21.0. The van der Waals surface area contributed by atoms with Gasteiger partial charge in [0, 0.05) is 74.8 Å². The largest absolute Gasteiger partial charge is 0.512 e. The minimum absolute atomic E-state index is 0.0559. The van der Waals surface area contributed by atoms with Crippen molar-refractivity contribution in [3.05, 3.63) is 72.8 Å². The first-order valence-electron chi connectivity index (χ1n) is 18.0. The van der Waals surface area contributed by atoms with Gasteiger partial charge in [0.1, 0.15) is 6.04 Å². The summed E-state index contributed by atoms with van der Waals surface area (Å²) < 4.78 is 10.6. The third-order valence-corrected chi connectivity index (χ3v) is 9.76. The van der Waals surface area contributed by atoms with Crippen LogP contribution in [0.3, 0.4) is 0 Å². The predicted octanol–water partition coefficient (Wildman–Crippen LogP) is 4.51. The molecule has 0 radical (unpaired) electrons. The van der Waals surface area contributed by atoms with Gasteiger partial charge in [-0.05, 0) is 52.0 Å². The molecule has 3 N–H and O–H groups in total.